The summed E-state index contributed by atoms with van der Waals surface area (Å²) in [6, 6.07) is 18.7. The number of aromatic nitrogens is 1. The molecule has 27 heavy (non-hydrogen) atoms. The number of rotatable bonds is 6. The molecule has 0 amide bonds. The summed E-state index contributed by atoms with van der Waals surface area (Å²) in [6.07, 6.45) is 1.32. The maximum Gasteiger partial charge on any atom is 0.251 e. The number of aromatic amines is 1. The van der Waals surface area contributed by atoms with Crippen molar-refractivity contribution >= 4 is 10.9 Å². The minimum absolute atomic E-state index is 0.0550. The largest absolute Gasteiger partial charge is 0.322 e. The topological polar surface area (TPSA) is 68.7 Å². The number of aryl methyl sites for hydroxylation is 1. The van der Waals surface area contributed by atoms with Crippen LogP contribution in [0.5, 0.6) is 0 Å². The summed E-state index contributed by atoms with van der Waals surface area (Å²) in [4.78, 5) is 15.1. The van der Waals surface area contributed by atoms with Crippen molar-refractivity contribution < 1.29 is 0 Å². The second-order valence-corrected chi connectivity index (χ2v) is 7.25. The quantitative estimate of drug-likeness (QED) is 0.703. The van der Waals surface area contributed by atoms with Crippen LogP contribution in [0.2, 0.25) is 0 Å². The Bertz CT molecular complexity index is 1060. The summed E-state index contributed by atoms with van der Waals surface area (Å²) < 4.78 is 0. The van der Waals surface area contributed by atoms with Gasteiger partial charge in [0.05, 0.1) is 11.5 Å². The van der Waals surface area contributed by atoms with E-state index < -0.39 is 5.41 Å². The van der Waals surface area contributed by atoms with Crippen molar-refractivity contribution in [2.24, 2.45) is 0 Å². The fourth-order valence-corrected chi connectivity index (χ4v) is 3.52. The molecular formula is C23H25N3O. The van der Waals surface area contributed by atoms with Crippen molar-refractivity contribution in [3.63, 3.8) is 0 Å². The van der Waals surface area contributed by atoms with Crippen molar-refractivity contribution in [2.75, 3.05) is 7.05 Å². The van der Waals surface area contributed by atoms with Gasteiger partial charge < -0.3 is 10.3 Å². The van der Waals surface area contributed by atoms with Gasteiger partial charge in [-0.15, -0.1) is 0 Å². The molecule has 0 fully saturated rings. The molecule has 0 aliphatic rings. The highest BCUT2D eigenvalue weighted by atomic mass is 16.1. The van der Waals surface area contributed by atoms with E-state index in [-0.39, 0.29) is 5.56 Å². The first kappa shape index (κ1) is 18.9. The van der Waals surface area contributed by atoms with Crippen molar-refractivity contribution in [1.29, 1.82) is 5.26 Å². The Kier molecular flexibility index (Phi) is 5.43. The summed E-state index contributed by atoms with van der Waals surface area (Å²) in [6.45, 7) is 4.73. The molecule has 3 rings (SSSR count). The minimum Gasteiger partial charge on any atom is -0.322 e. The van der Waals surface area contributed by atoms with Crippen LogP contribution in [0.1, 0.15) is 36.1 Å². The van der Waals surface area contributed by atoms with Gasteiger partial charge in [0.15, 0.2) is 0 Å². The number of nitrogens with zero attached hydrogens (tertiary/aromatic N) is 1. The minimum atomic E-state index is -0.674. The maximum absolute atomic E-state index is 12.2. The van der Waals surface area contributed by atoms with E-state index in [1.54, 1.807) is 0 Å². The molecule has 4 heteroatoms. The molecule has 2 N–H and O–H groups in total. The summed E-state index contributed by atoms with van der Waals surface area (Å²) in [5.74, 6) is 0. The lowest BCUT2D eigenvalue weighted by molar-refractivity contribution is 0.606. The van der Waals surface area contributed by atoms with Crippen LogP contribution in [0.15, 0.2) is 53.3 Å². The Morgan fingerprint density at radius 3 is 2.63 bits per heavy atom. The molecule has 1 aromatic heterocycles. The summed E-state index contributed by atoms with van der Waals surface area (Å²) in [5.41, 5.74) is 4.07. The van der Waals surface area contributed by atoms with Gasteiger partial charge in [0, 0.05) is 17.6 Å². The van der Waals surface area contributed by atoms with Gasteiger partial charge >= 0.3 is 0 Å². The van der Waals surface area contributed by atoms with Crippen LogP contribution in [-0.4, -0.2) is 12.0 Å². The number of fused-ring (bicyclic) bond motifs is 1. The molecule has 0 bridgehead atoms. The number of H-pyrrole nitrogens is 1. The highest BCUT2D eigenvalue weighted by molar-refractivity contribution is 5.80. The van der Waals surface area contributed by atoms with Crippen LogP contribution in [0.4, 0.5) is 0 Å². The molecule has 4 nitrogen and oxygen atoms in total. The molecular weight excluding hydrogens is 334 g/mol. The van der Waals surface area contributed by atoms with Crippen LogP contribution in [0, 0.1) is 11.3 Å². The van der Waals surface area contributed by atoms with Crippen molar-refractivity contribution in [3.05, 3.63) is 81.1 Å². The van der Waals surface area contributed by atoms with Crippen LogP contribution in [0.3, 0.4) is 0 Å². The Balaban J connectivity index is 2.00. The van der Waals surface area contributed by atoms with Crippen molar-refractivity contribution in [1.82, 2.24) is 10.3 Å². The Labute approximate surface area is 159 Å². The fraction of sp³-hybridized carbons (Fsp3) is 0.304. The van der Waals surface area contributed by atoms with E-state index in [1.165, 1.54) is 5.56 Å². The molecule has 3 aromatic rings. The highest BCUT2D eigenvalue weighted by Gasteiger charge is 2.27. The molecule has 0 saturated heterocycles. The predicted molar refractivity (Wildman–Crippen MR) is 110 cm³/mol. The number of hydrogen-bond acceptors (Lipinski definition) is 3. The van der Waals surface area contributed by atoms with E-state index in [0.29, 0.717) is 12.8 Å². The molecule has 0 spiro atoms. The van der Waals surface area contributed by atoms with E-state index >= 15 is 0 Å². The van der Waals surface area contributed by atoms with E-state index in [9.17, 15) is 10.1 Å². The predicted octanol–water partition coefficient (Wildman–Crippen LogP) is 3.83. The van der Waals surface area contributed by atoms with E-state index in [4.69, 9.17) is 0 Å². The van der Waals surface area contributed by atoms with Crippen molar-refractivity contribution in [3.8, 4) is 6.07 Å². The zero-order valence-electron chi connectivity index (χ0n) is 16.1. The van der Waals surface area contributed by atoms with Crippen LogP contribution in [-0.2, 0) is 24.8 Å². The standard InChI is InChI=1S/C23H25N3O/c1-4-18-11-19-8-9-20(12-21(19)26-22(18)27)23(2,15-24)13-16-6-5-7-17(10-16)14-25-3/h5-12,25H,4,13-14H2,1-3H3,(H,26,27). The third-order valence-corrected chi connectivity index (χ3v) is 5.12. The first-order valence-electron chi connectivity index (χ1n) is 9.29. The summed E-state index contributed by atoms with van der Waals surface area (Å²) in [7, 11) is 1.92. The lowest BCUT2D eigenvalue weighted by Gasteiger charge is -2.23. The molecule has 2 aromatic carbocycles. The summed E-state index contributed by atoms with van der Waals surface area (Å²) >= 11 is 0. The van der Waals surface area contributed by atoms with Crippen LogP contribution >= 0.6 is 0 Å². The van der Waals surface area contributed by atoms with E-state index in [1.807, 2.05) is 51.2 Å². The molecule has 138 valence electrons. The molecule has 1 heterocycles. The smallest absolute Gasteiger partial charge is 0.251 e. The average Bonchev–Trinajstić information content (AvgIpc) is 2.67. The first-order chi connectivity index (χ1) is 13.0. The van der Waals surface area contributed by atoms with Gasteiger partial charge in [0.25, 0.3) is 5.56 Å². The molecule has 0 saturated carbocycles. The fourth-order valence-electron chi connectivity index (χ4n) is 3.52. The normalized spacial score (nSPS) is 13.3. The maximum atomic E-state index is 12.2. The number of nitrogens with one attached hydrogen (secondary N) is 2. The molecule has 1 atom stereocenters. The summed E-state index contributed by atoms with van der Waals surface area (Å²) in [5, 5.41) is 14.1. The van der Waals surface area contributed by atoms with Gasteiger partial charge in [-0.1, -0.05) is 43.3 Å². The number of pyridine rings is 1. The Morgan fingerprint density at radius 1 is 1.15 bits per heavy atom. The SMILES string of the molecule is CCc1cc2ccc(C(C)(C#N)Cc3cccc(CNC)c3)cc2[nH]c1=O. The third-order valence-electron chi connectivity index (χ3n) is 5.12. The van der Waals surface area contributed by atoms with E-state index in [2.05, 4.69) is 34.6 Å². The van der Waals surface area contributed by atoms with Crippen LogP contribution < -0.4 is 10.9 Å². The second kappa shape index (κ2) is 7.77. The molecule has 0 aliphatic heterocycles. The molecule has 0 radical (unpaired) electrons. The average molecular weight is 359 g/mol. The Hall–Kier alpha value is -2.90. The highest BCUT2D eigenvalue weighted by Crippen LogP contribution is 2.30. The lowest BCUT2D eigenvalue weighted by Crippen LogP contribution is -2.23. The zero-order valence-corrected chi connectivity index (χ0v) is 16.1. The Morgan fingerprint density at radius 2 is 1.93 bits per heavy atom. The first-order valence-corrected chi connectivity index (χ1v) is 9.29. The molecule has 0 aliphatic carbocycles. The van der Waals surface area contributed by atoms with Gasteiger partial charge in [0.1, 0.15) is 0 Å². The second-order valence-electron chi connectivity index (χ2n) is 7.25. The van der Waals surface area contributed by atoms with Crippen molar-refractivity contribution in [2.45, 2.75) is 38.6 Å². The number of hydrogen-bond donors (Lipinski definition) is 2. The number of nitriles is 1. The number of benzene rings is 2. The lowest BCUT2D eigenvalue weighted by atomic mass is 9.78. The van der Waals surface area contributed by atoms with Crippen LogP contribution in [0.25, 0.3) is 10.9 Å². The van der Waals surface area contributed by atoms with Gasteiger partial charge in [-0.25, -0.2) is 0 Å². The van der Waals surface area contributed by atoms with E-state index in [0.717, 1.165) is 34.1 Å². The molecule has 1 unspecified atom stereocenters. The monoisotopic (exact) mass is 359 g/mol. The van der Waals surface area contributed by atoms with Gasteiger partial charge in [-0.3, -0.25) is 4.79 Å². The van der Waals surface area contributed by atoms with Gasteiger partial charge in [-0.2, -0.15) is 5.26 Å². The van der Waals surface area contributed by atoms with Gasteiger partial charge in [0.2, 0.25) is 0 Å². The third kappa shape index (κ3) is 3.94. The van der Waals surface area contributed by atoms with Gasteiger partial charge in [-0.05, 0) is 61.0 Å². The zero-order chi connectivity index (χ0) is 19.4.